The molecule has 0 aliphatic carbocycles. The third kappa shape index (κ3) is 13.2. The average Bonchev–Trinajstić information content (AvgIpc) is 3.27. The van der Waals surface area contributed by atoms with Crippen molar-refractivity contribution in [2.75, 3.05) is 36.9 Å². The van der Waals surface area contributed by atoms with Crippen molar-refractivity contribution in [3.63, 3.8) is 0 Å². The highest BCUT2D eigenvalue weighted by molar-refractivity contribution is 5.91. The summed E-state index contributed by atoms with van der Waals surface area (Å²) in [5.41, 5.74) is 2.93. The molecule has 59 heavy (non-hydrogen) atoms. The molecule has 4 amide bonds. The molecular weight excluding hydrogens is 761 g/mol. The number of carbonyl (C=O) groups is 4. The van der Waals surface area contributed by atoms with E-state index in [0.29, 0.717) is 58.6 Å². The molecule has 0 aliphatic rings. The van der Waals surface area contributed by atoms with Crippen LogP contribution in [-0.2, 0) is 23.9 Å². The van der Waals surface area contributed by atoms with Crippen LogP contribution in [0.5, 0.6) is 0 Å². The van der Waals surface area contributed by atoms with Crippen molar-refractivity contribution in [2.45, 2.75) is 38.5 Å². The number of hydrogen-bond donors (Lipinski definition) is 4. The maximum atomic E-state index is 12.4. The van der Waals surface area contributed by atoms with Gasteiger partial charge >= 0.3 is 0 Å². The lowest BCUT2D eigenvalue weighted by Crippen LogP contribution is -2.30. The summed E-state index contributed by atoms with van der Waals surface area (Å²) in [5, 5.41) is 43.4. The van der Waals surface area contributed by atoms with Crippen molar-refractivity contribution in [1.82, 2.24) is 71.4 Å². The molecule has 21 nitrogen and oxygen atoms in total. The maximum Gasteiger partial charge on any atom is 0.224 e. The van der Waals surface area contributed by atoms with Gasteiger partial charge in [0.1, 0.15) is 22.8 Å². The standard InChI is InChI=1S/C38H38N16O5/c55-31(9-5-11-33(57)45-25-13-15-29(43-23-25)37-51-47-35(48-52-37)27-7-1-3-17-39-27)41-19-21-59-22-20-42-32(56)10-6-12-34(58)46-26-14-16-30(44-24-26)38-53-49-36(50-54-38)28-8-2-4-18-40-28/h1-4,7-8,13-18,23-24H,5-6,9-12,19-22H2,(H,41,55)(H,42,56)(H,45,57)(H,46,58). The summed E-state index contributed by atoms with van der Waals surface area (Å²) in [7, 11) is 0. The molecule has 4 N–H and O–H groups in total. The molecule has 6 heterocycles. The summed E-state index contributed by atoms with van der Waals surface area (Å²) in [5.74, 6) is 0.113. The van der Waals surface area contributed by atoms with Gasteiger partial charge in [-0.25, -0.2) is 0 Å². The minimum Gasteiger partial charge on any atom is -0.378 e. The second-order valence-electron chi connectivity index (χ2n) is 12.5. The lowest BCUT2D eigenvalue weighted by Gasteiger charge is -2.08. The van der Waals surface area contributed by atoms with Gasteiger partial charge in [-0.2, -0.15) is 0 Å². The molecule has 0 unspecified atom stereocenters. The quantitative estimate of drug-likeness (QED) is 0.0806. The average molecular weight is 799 g/mol. The highest BCUT2D eigenvalue weighted by Gasteiger charge is 2.12. The number of rotatable bonds is 20. The van der Waals surface area contributed by atoms with Crippen LogP contribution in [0, 0.1) is 0 Å². The summed E-state index contributed by atoms with van der Waals surface area (Å²) in [4.78, 5) is 66.0. The van der Waals surface area contributed by atoms with Crippen molar-refractivity contribution in [1.29, 1.82) is 0 Å². The molecule has 6 aromatic rings. The topological polar surface area (TPSA) is 280 Å². The van der Waals surface area contributed by atoms with E-state index < -0.39 is 0 Å². The van der Waals surface area contributed by atoms with Crippen LogP contribution in [0.25, 0.3) is 46.1 Å². The van der Waals surface area contributed by atoms with Gasteiger partial charge in [-0.05, 0) is 61.4 Å². The van der Waals surface area contributed by atoms with Gasteiger partial charge in [0, 0.05) is 51.2 Å². The Bertz CT molecular complexity index is 2110. The van der Waals surface area contributed by atoms with Crippen LogP contribution in [0.1, 0.15) is 38.5 Å². The fraction of sp³-hybridized carbons (Fsp3) is 0.263. The van der Waals surface area contributed by atoms with Gasteiger partial charge < -0.3 is 26.0 Å². The normalized spacial score (nSPS) is 10.7. The molecule has 6 rings (SSSR count). The predicted octanol–water partition coefficient (Wildman–Crippen LogP) is 2.26. The van der Waals surface area contributed by atoms with E-state index >= 15 is 0 Å². The molecule has 0 aliphatic heterocycles. The van der Waals surface area contributed by atoms with Crippen molar-refractivity contribution >= 4 is 35.0 Å². The predicted molar refractivity (Wildman–Crippen MR) is 210 cm³/mol. The Morgan fingerprint density at radius 3 is 1.15 bits per heavy atom. The van der Waals surface area contributed by atoms with E-state index in [2.05, 4.69) is 82.0 Å². The van der Waals surface area contributed by atoms with Crippen LogP contribution in [0.2, 0.25) is 0 Å². The van der Waals surface area contributed by atoms with E-state index in [-0.39, 0.29) is 87.3 Å². The Morgan fingerprint density at radius 2 is 0.814 bits per heavy atom. The van der Waals surface area contributed by atoms with Crippen LogP contribution in [0.4, 0.5) is 11.4 Å². The molecule has 0 saturated carbocycles. The van der Waals surface area contributed by atoms with Gasteiger partial charge in [-0.1, -0.05) is 12.1 Å². The van der Waals surface area contributed by atoms with E-state index in [4.69, 9.17) is 4.74 Å². The number of amides is 4. The van der Waals surface area contributed by atoms with Gasteiger partial charge in [-0.3, -0.25) is 39.1 Å². The number of ether oxygens (including phenoxy) is 1. The molecule has 0 radical (unpaired) electrons. The third-order valence-electron chi connectivity index (χ3n) is 8.05. The second kappa shape index (κ2) is 21.6. The van der Waals surface area contributed by atoms with Crippen LogP contribution in [0.15, 0.2) is 85.5 Å². The number of nitrogens with one attached hydrogen (secondary N) is 4. The Morgan fingerprint density at radius 1 is 0.441 bits per heavy atom. The number of hydrogen-bond acceptors (Lipinski definition) is 17. The summed E-state index contributed by atoms with van der Waals surface area (Å²) in [6.07, 6.45) is 7.53. The van der Waals surface area contributed by atoms with Gasteiger partial charge in [0.2, 0.25) is 46.9 Å². The summed E-state index contributed by atoms with van der Waals surface area (Å²) in [6.45, 7) is 1.08. The minimum absolute atomic E-state index is 0.144. The van der Waals surface area contributed by atoms with Gasteiger partial charge in [0.25, 0.3) is 0 Å². The summed E-state index contributed by atoms with van der Waals surface area (Å²) < 4.78 is 5.47. The molecular formula is C38H38N16O5. The minimum atomic E-state index is -0.257. The van der Waals surface area contributed by atoms with E-state index in [1.165, 1.54) is 12.4 Å². The molecule has 0 atom stereocenters. The van der Waals surface area contributed by atoms with Crippen LogP contribution < -0.4 is 21.3 Å². The Labute approximate surface area is 336 Å². The zero-order chi connectivity index (χ0) is 41.1. The van der Waals surface area contributed by atoms with E-state index in [1.54, 1.807) is 60.9 Å². The van der Waals surface area contributed by atoms with E-state index in [9.17, 15) is 19.2 Å². The van der Waals surface area contributed by atoms with Crippen LogP contribution >= 0.6 is 0 Å². The Kier molecular flexibility index (Phi) is 15.0. The lowest BCUT2D eigenvalue weighted by molar-refractivity contribution is -0.122. The summed E-state index contributed by atoms with van der Waals surface area (Å²) in [6, 6.07) is 17.3. The van der Waals surface area contributed by atoms with Crippen LogP contribution in [0.3, 0.4) is 0 Å². The third-order valence-corrected chi connectivity index (χ3v) is 8.05. The Hall–Kier alpha value is -7.68. The lowest BCUT2D eigenvalue weighted by atomic mass is 10.2. The van der Waals surface area contributed by atoms with Crippen molar-refractivity contribution < 1.29 is 23.9 Å². The van der Waals surface area contributed by atoms with Gasteiger partial charge in [-0.15, -0.1) is 40.8 Å². The maximum absolute atomic E-state index is 12.4. The number of anilines is 2. The Balaban J connectivity index is 0.753. The van der Waals surface area contributed by atoms with Crippen LogP contribution in [-0.4, -0.2) is 111 Å². The second-order valence-corrected chi connectivity index (χ2v) is 12.5. The highest BCUT2D eigenvalue weighted by atomic mass is 16.5. The largest absolute Gasteiger partial charge is 0.378 e. The number of carbonyl (C=O) groups excluding carboxylic acids is 4. The SMILES string of the molecule is O=C(CCCC(=O)Nc1ccc(-c2nnc(-c3ccccn3)nn2)nc1)NCCOCCNC(=O)CCCC(=O)Nc1ccc(-c2nnc(-c3ccccn3)nn2)nc1. The number of aromatic nitrogens is 12. The van der Waals surface area contributed by atoms with Gasteiger partial charge in [0.15, 0.2) is 0 Å². The number of pyridine rings is 4. The van der Waals surface area contributed by atoms with Gasteiger partial charge in [0.05, 0.1) is 37.0 Å². The molecule has 0 saturated heterocycles. The zero-order valence-electron chi connectivity index (χ0n) is 31.6. The van der Waals surface area contributed by atoms with Crippen molar-refractivity contribution in [3.05, 3.63) is 85.5 Å². The van der Waals surface area contributed by atoms with Crippen molar-refractivity contribution in [3.8, 4) is 46.1 Å². The fourth-order valence-corrected chi connectivity index (χ4v) is 5.13. The van der Waals surface area contributed by atoms with E-state index in [0.717, 1.165) is 0 Å². The molecule has 0 spiro atoms. The smallest absolute Gasteiger partial charge is 0.224 e. The molecule has 300 valence electrons. The molecule has 0 aromatic carbocycles. The molecule has 0 fully saturated rings. The monoisotopic (exact) mass is 798 g/mol. The first-order chi connectivity index (χ1) is 28.9. The molecule has 6 aromatic heterocycles. The molecule has 0 bridgehead atoms. The fourth-order valence-electron chi connectivity index (χ4n) is 5.13. The first-order valence-corrected chi connectivity index (χ1v) is 18.5. The zero-order valence-corrected chi connectivity index (χ0v) is 31.6. The number of nitrogens with zero attached hydrogens (tertiary/aromatic N) is 12. The first kappa shape index (κ1) is 41.0. The summed E-state index contributed by atoms with van der Waals surface area (Å²) >= 11 is 0. The first-order valence-electron chi connectivity index (χ1n) is 18.5. The highest BCUT2D eigenvalue weighted by Crippen LogP contribution is 2.17. The molecule has 21 heteroatoms. The van der Waals surface area contributed by atoms with Crippen molar-refractivity contribution in [2.24, 2.45) is 0 Å². The van der Waals surface area contributed by atoms with E-state index in [1.807, 2.05) is 12.1 Å².